The minimum Gasteiger partial charge on any atom is -0.480 e. The van der Waals surface area contributed by atoms with Crippen molar-refractivity contribution in [3.8, 4) is 11.8 Å². The molecule has 0 unspecified atom stereocenters. The van der Waals surface area contributed by atoms with E-state index in [4.69, 9.17) is 19.9 Å². The third kappa shape index (κ3) is 5.79. The van der Waals surface area contributed by atoms with Crippen LogP contribution in [0.4, 0.5) is 4.79 Å². The van der Waals surface area contributed by atoms with E-state index in [2.05, 4.69) is 10.3 Å². The smallest absolute Gasteiger partial charge is 0.407 e. The highest BCUT2D eigenvalue weighted by Gasteiger charge is 2.27. The van der Waals surface area contributed by atoms with Gasteiger partial charge < -0.3 is 25.3 Å². The number of carbonyl (C=O) groups is 2. The van der Waals surface area contributed by atoms with Crippen LogP contribution in [0.5, 0.6) is 11.8 Å². The number of aromatic nitrogens is 1. The second-order valence-corrected chi connectivity index (χ2v) is 7.37. The minimum atomic E-state index is -0.605. The Labute approximate surface area is 153 Å². The van der Waals surface area contributed by atoms with Gasteiger partial charge in [0, 0.05) is 11.6 Å². The molecule has 3 N–H and O–H groups in total. The van der Waals surface area contributed by atoms with Gasteiger partial charge >= 0.3 is 6.09 Å². The van der Waals surface area contributed by atoms with Crippen LogP contribution in [-0.4, -0.2) is 41.8 Å². The highest BCUT2D eigenvalue weighted by molar-refractivity contribution is 5.95. The molecule has 1 aliphatic rings. The maximum atomic E-state index is 11.8. The van der Waals surface area contributed by atoms with Gasteiger partial charge in [0.1, 0.15) is 17.8 Å². The lowest BCUT2D eigenvalue weighted by atomic mass is 9.95. The van der Waals surface area contributed by atoms with Gasteiger partial charge in [-0.1, -0.05) is 0 Å². The van der Waals surface area contributed by atoms with Crippen molar-refractivity contribution in [1.82, 2.24) is 10.3 Å². The summed E-state index contributed by atoms with van der Waals surface area (Å²) in [4.78, 5) is 27.3. The Bertz CT molecular complexity index is 649. The molecule has 1 aromatic heterocycles. The zero-order chi connectivity index (χ0) is 19.3. The Morgan fingerprint density at radius 2 is 1.77 bits per heavy atom. The van der Waals surface area contributed by atoms with Gasteiger partial charge in [-0.05, 0) is 52.5 Å². The van der Waals surface area contributed by atoms with Crippen molar-refractivity contribution in [2.24, 2.45) is 5.73 Å². The van der Waals surface area contributed by atoms with Crippen LogP contribution < -0.4 is 20.5 Å². The molecule has 1 aromatic rings. The third-order valence-corrected chi connectivity index (χ3v) is 3.95. The largest absolute Gasteiger partial charge is 0.480 e. The molecule has 2 amide bonds. The predicted octanol–water partition coefficient (Wildman–Crippen LogP) is 2.40. The first-order valence-corrected chi connectivity index (χ1v) is 8.68. The topological polar surface area (TPSA) is 113 Å². The van der Waals surface area contributed by atoms with E-state index >= 15 is 0 Å². The van der Waals surface area contributed by atoms with Gasteiger partial charge in [0.15, 0.2) is 0 Å². The predicted molar refractivity (Wildman–Crippen MR) is 95.3 cm³/mol. The van der Waals surface area contributed by atoms with Crippen LogP contribution >= 0.6 is 0 Å². The number of hydrogen-bond acceptors (Lipinski definition) is 6. The first kappa shape index (κ1) is 19.8. The van der Waals surface area contributed by atoms with E-state index in [-0.39, 0.29) is 29.2 Å². The maximum Gasteiger partial charge on any atom is 0.407 e. The quantitative estimate of drug-likeness (QED) is 0.828. The second-order valence-electron chi connectivity index (χ2n) is 7.37. The normalized spacial score (nSPS) is 20.2. The van der Waals surface area contributed by atoms with Gasteiger partial charge in [0.05, 0.1) is 7.11 Å². The Morgan fingerprint density at radius 3 is 2.31 bits per heavy atom. The van der Waals surface area contributed by atoms with Gasteiger partial charge in [-0.15, -0.1) is 0 Å². The molecule has 144 valence electrons. The molecule has 0 atom stereocenters. The van der Waals surface area contributed by atoms with E-state index in [9.17, 15) is 9.59 Å². The third-order valence-electron chi connectivity index (χ3n) is 3.95. The molecule has 0 bridgehead atoms. The number of nitrogens with zero attached hydrogens (tertiary/aromatic N) is 1. The summed E-state index contributed by atoms with van der Waals surface area (Å²) in [5, 5.41) is 2.79. The number of nitrogens with one attached hydrogen (secondary N) is 1. The number of methoxy groups -OCH3 is 1. The van der Waals surface area contributed by atoms with Crippen molar-refractivity contribution in [3.05, 3.63) is 17.7 Å². The van der Waals surface area contributed by atoms with Crippen molar-refractivity contribution in [3.63, 3.8) is 0 Å². The number of amides is 2. The summed E-state index contributed by atoms with van der Waals surface area (Å²) in [5.41, 5.74) is 5.16. The van der Waals surface area contributed by atoms with Crippen LogP contribution in [0.3, 0.4) is 0 Å². The lowest BCUT2D eigenvalue weighted by Gasteiger charge is -2.29. The second kappa shape index (κ2) is 8.25. The molecule has 1 heterocycles. The van der Waals surface area contributed by atoms with E-state index in [1.165, 1.54) is 13.2 Å². The highest BCUT2D eigenvalue weighted by Crippen LogP contribution is 2.27. The molecule has 0 spiro atoms. The molecule has 1 aliphatic carbocycles. The molecule has 0 aliphatic heterocycles. The fourth-order valence-electron chi connectivity index (χ4n) is 2.76. The number of hydrogen-bond donors (Lipinski definition) is 2. The number of pyridine rings is 1. The lowest BCUT2D eigenvalue weighted by Crippen LogP contribution is -2.43. The number of carbonyl (C=O) groups excluding carboxylic acids is 2. The zero-order valence-electron chi connectivity index (χ0n) is 15.7. The van der Waals surface area contributed by atoms with Crippen LogP contribution in [0.2, 0.25) is 0 Å². The maximum absolute atomic E-state index is 11.8. The van der Waals surface area contributed by atoms with Crippen molar-refractivity contribution in [2.75, 3.05) is 7.11 Å². The number of ether oxygens (including phenoxy) is 3. The van der Waals surface area contributed by atoms with Gasteiger partial charge in [-0.2, -0.15) is 4.98 Å². The van der Waals surface area contributed by atoms with Crippen LogP contribution in [-0.2, 0) is 4.74 Å². The highest BCUT2D eigenvalue weighted by atomic mass is 16.6. The molecule has 26 heavy (non-hydrogen) atoms. The molecule has 1 fully saturated rings. The number of primary amides is 1. The average molecular weight is 365 g/mol. The molecule has 0 aromatic carbocycles. The molecule has 1 saturated carbocycles. The summed E-state index contributed by atoms with van der Waals surface area (Å²) in [7, 11) is 1.42. The molecule has 0 saturated heterocycles. The van der Waals surface area contributed by atoms with Gasteiger partial charge in [0.2, 0.25) is 11.8 Å². The average Bonchev–Trinajstić information content (AvgIpc) is 2.54. The number of rotatable bonds is 5. The van der Waals surface area contributed by atoms with E-state index < -0.39 is 12.0 Å². The van der Waals surface area contributed by atoms with Crippen LogP contribution in [0.15, 0.2) is 12.1 Å². The molecule has 8 nitrogen and oxygen atoms in total. The standard InChI is InChI=1S/C18H27N3O5/c1-18(2,3)21-17(23)26-12-7-5-11(6-8-12)25-14-10-9-13(15(19)22)16(20-14)24-4/h9-12H,5-8H2,1-4H3,(H2,19,22)(H,21,23). The summed E-state index contributed by atoms with van der Waals surface area (Å²) < 4.78 is 16.4. The summed E-state index contributed by atoms with van der Waals surface area (Å²) in [6.45, 7) is 5.72. The summed E-state index contributed by atoms with van der Waals surface area (Å²) in [5.74, 6) is -0.0837. The Hall–Kier alpha value is -2.51. The zero-order valence-corrected chi connectivity index (χ0v) is 15.7. The molecular formula is C18H27N3O5. The number of nitrogens with two attached hydrogens (primary N) is 1. The summed E-state index contributed by atoms with van der Waals surface area (Å²) in [6, 6.07) is 3.14. The Morgan fingerprint density at radius 1 is 1.15 bits per heavy atom. The van der Waals surface area contributed by atoms with Gasteiger partial charge in [0.25, 0.3) is 5.91 Å². The first-order chi connectivity index (χ1) is 12.2. The minimum absolute atomic E-state index is 0.0304. The van der Waals surface area contributed by atoms with Crippen LogP contribution in [0.25, 0.3) is 0 Å². The first-order valence-electron chi connectivity index (χ1n) is 8.68. The van der Waals surface area contributed by atoms with E-state index in [0.29, 0.717) is 5.88 Å². The molecule has 0 radical (unpaired) electrons. The molecule has 2 rings (SSSR count). The molecular weight excluding hydrogens is 338 g/mol. The van der Waals surface area contributed by atoms with Crippen molar-refractivity contribution >= 4 is 12.0 Å². The van der Waals surface area contributed by atoms with E-state index in [1.54, 1.807) is 6.07 Å². The Kier molecular flexibility index (Phi) is 6.28. The van der Waals surface area contributed by atoms with Gasteiger partial charge in [-0.3, -0.25) is 4.79 Å². The van der Waals surface area contributed by atoms with Crippen molar-refractivity contribution in [2.45, 2.75) is 64.2 Å². The monoisotopic (exact) mass is 365 g/mol. The van der Waals surface area contributed by atoms with Crippen LogP contribution in [0.1, 0.15) is 56.8 Å². The van der Waals surface area contributed by atoms with Crippen molar-refractivity contribution in [1.29, 1.82) is 0 Å². The van der Waals surface area contributed by atoms with E-state index in [1.807, 2.05) is 20.8 Å². The fraction of sp³-hybridized carbons (Fsp3) is 0.611. The van der Waals surface area contributed by atoms with Crippen LogP contribution in [0, 0.1) is 0 Å². The van der Waals surface area contributed by atoms with E-state index in [0.717, 1.165) is 25.7 Å². The summed E-state index contributed by atoms with van der Waals surface area (Å²) in [6.07, 6.45) is 2.39. The van der Waals surface area contributed by atoms with Gasteiger partial charge in [-0.25, -0.2) is 4.79 Å². The number of alkyl carbamates (subject to hydrolysis) is 1. The summed E-state index contributed by atoms with van der Waals surface area (Å²) >= 11 is 0. The lowest BCUT2D eigenvalue weighted by molar-refractivity contribution is 0.0379. The SMILES string of the molecule is COc1nc(OC2CCC(OC(=O)NC(C)(C)C)CC2)ccc1C(N)=O. The fourth-order valence-corrected chi connectivity index (χ4v) is 2.76. The van der Waals surface area contributed by atoms with Crippen molar-refractivity contribution < 1.29 is 23.8 Å². The Balaban J connectivity index is 1.85. The molecule has 8 heteroatoms.